The SMILES string of the molecule is CCC(N)C(c1cc(Br)cs1)N1CC(OC)C(OC)C1. The van der Waals surface area contributed by atoms with Gasteiger partial charge in [0.15, 0.2) is 0 Å². The van der Waals surface area contributed by atoms with Crippen LogP contribution in [0.4, 0.5) is 0 Å². The smallest absolute Gasteiger partial charge is 0.0972 e. The first-order valence-corrected chi connectivity index (χ1v) is 8.57. The number of methoxy groups -OCH3 is 2. The number of ether oxygens (including phenoxy) is 2. The molecule has 2 N–H and O–H groups in total. The van der Waals surface area contributed by atoms with Crippen LogP contribution in [0.15, 0.2) is 15.9 Å². The van der Waals surface area contributed by atoms with Crippen LogP contribution in [-0.2, 0) is 9.47 Å². The Morgan fingerprint density at radius 2 is 2.00 bits per heavy atom. The third-order valence-corrected chi connectivity index (χ3v) is 5.76. The Kier molecular flexibility index (Phi) is 6.01. The van der Waals surface area contributed by atoms with Gasteiger partial charge in [-0.3, -0.25) is 4.90 Å². The van der Waals surface area contributed by atoms with Crippen molar-refractivity contribution in [2.75, 3.05) is 27.3 Å². The number of hydrogen-bond acceptors (Lipinski definition) is 5. The summed E-state index contributed by atoms with van der Waals surface area (Å²) < 4.78 is 12.2. The number of halogens is 1. The largest absolute Gasteiger partial charge is 0.377 e. The Bertz CT molecular complexity index is 417. The van der Waals surface area contributed by atoms with Crippen LogP contribution in [0, 0.1) is 0 Å². The summed E-state index contributed by atoms with van der Waals surface area (Å²) in [6, 6.07) is 2.52. The molecule has 2 heterocycles. The lowest BCUT2D eigenvalue weighted by molar-refractivity contribution is -0.00461. The Balaban J connectivity index is 2.20. The Labute approximate surface area is 133 Å². The van der Waals surface area contributed by atoms with E-state index in [9.17, 15) is 0 Å². The highest BCUT2D eigenvalue weighted by Crippen LogP contribution is 2.35. The highest BCUT2D eigenvalue weighted by atomic mass is 79.9. The second kappa shape index (κ2) is 7.33. The summed E-state index contributed by atoms with van der Waals surface area (Å²) in [7, 11) is 3.49. The van der Waals surface area contributed by atoms with Gasteiger partial charge in [0, 0.05) is 48.1 Å². The summed E-state index contributed by atoms with van der Waals surface area (Å²) >= 11 is 5.29. The summed E-state index contributed by atoms with van der Waals surface area (Å²) in [6.45, 7) is 3.86. The molecule has 1 aromatic rings. The van der Waals surface area contributed by atoms with Crippen molar-refractivity contribution < 1.29 is 9.47 Å². The lowest BCUT2D eigenvalue weighted by atomic mass is 10.0. The summed E-state index contributed by atoms with van der Waals surface area (Å²) in [5.74, 6) is 0. The van der Waals surface area contributed by atoms with Gasteiger partial charge in [-0.25, -0.2) is 0 Å². The highest BCUT2D eigenvalue weighted by Gasteiger charge is 2.39. The van der Waals surface area contributed by atoms with Crippen molar-refractivity contribution in [2.45, 2.75) is 37.6 Å². The molecule has 1 aromatic heterocycles. The van der Waals surface area contributed by atoms with E-state index in [2.05, 4.69) is 39.2 Å². The first-order valence-electron chi connectivity index (χ1n) is 6.89. The van der Waals surface area contributed by atoms with E-state index in [0.717, 1.165) is 24.0 Å². The van der Waals surface area contributed by atoms with Gasteiger partial charge in [0.2, 0.25) is 0 Å². The zero-order chi connectivity index (χ0) is 14.7. The van der Waals surface area contributed by atoms with Gasteiger partial charge in [-0.2, -0.15) is 0 Å². The van der Waals surface area contributed by atoms with Crippen LogP contribution in [0.1, 0.15) is 24.3 Å². The number of nitrogens with two attached hydrogens (primary N) is 1. The quantitative estimate of drug-likeness (QED) is 0.844. The molecular formula is C14H23BrN2O2S. The fourth-order valence-electron chi connectivity index (χ4n) is 2.82. The topological polar surface area (TPSA) is 47.7 Å². The first kappa shape index (κ1) is 16.4. The van der Waals surface area contributed by atoms with Gasteiger partial charge in [0.05, 0.1) is 18.2 Å². The van der Waals surface area contributed by atoms with Crippen LogP contribution in [0.25, 0.3) is 0 Å². The lowest BCUT2D eigenvalue weighted by Crippen LogP contribution is -2.40. The average molecular weight is 363 g/mol. The maximum absolute atomic E-state index is 6.38. The van der Waals surface area contributed by atoms with Crippen molar-refractivity contribution in [2.24, 2.45) is 5.73 Å². The maximum Gasteiger partial charge on any atom is 0.0972 e. The molecule has 4 atom stereocenters. The van der Waals surface area contributed by atoms with Crippen LogP contribution in [-0.4, -0.2) is 50.5 Å². The predicted octanol–water partition coefficient (Wildman–Crippen LogP) is 2.63. The third-order valence-electron chi connectivity index (χ3n) is 4.00. The van der Waals surface area contributed by atoms with E-state index in [1.54, 1.807) is 25.6 Å². The van der Waals surface area contributed by atoms with Crippen LogP contribution >= 0.6 is 27.3 Å². The second-order valence-electron chi connectivity index (χ2n) is 5.19. The molecule has 20 heavy (non-hydrogen) atoms. The molecule has 0 bridgehead atoms. The molecule has 1 saturated heterocycles. The van der Waals surface area contributed by atoms with Gasteiger partial charge in [0.1, 0.15) is 0 Å². The van der Waals surface area contributed by atoms with Gasteiger partial charge >= 0.3 is 0 Å². The summed E-state index contributed by atoms with van der Waals surface area (Å²) in [5.41, 5.74) is 6.38. The molecule has 1 aliphatic rings. The average Bonchev–Trinajstić information content (AvgIpc) is 3.05. The van der Waals surface area contributed by atoms with Crippen molar-refractivity contribution in [3.8, 4) is 0 Å². The molecular weight excluding hydrogens is 340 g/mol. The number of likely N-dealkylation sites (tertiary alicyclic amines) is 1. The monoisotopic (exact) mass is 362 g/mol. The second-order valence-corrected chi connectivity index (χ2v) is 7.04. The lowest BCUT2D eigenvalue weighted by Gasteiger charge is -2.31. The molecule has 0 aliphatic carbocycles. The molecule has 0 spiro atoms. The van der Waals surface area contributed by atoms with Gasteiger partial charge in [-0.15, -0.1) is 11.3 Å². The molecule has 4 unspecified atom stereocenters. The van der Waals surface area contributed by atoms with E-state index in [0.29, 0.717) is 0 Å². The molecule has 6 heteroatoms. The predicted molar refractivity (Wildman–Crippen MR) is 86.2 cm³/mol. The van der Waals surface area contributed by atoms with Crippen molar-refractivity contribution in [1.82, 2.24) is 4.90 Å². The molecule has 1 aliphatic heterocycles. The highest BCUT2D eigenvalue weighted by molar-refractivity contribution is 9.10. The van der Waals surface area contributed by atoms with Crippen molar-refractivity contribution >= 4 is 27.3 Å². The summed E-state index contributed by atoms with van der Waals surface area (Å²) in [5, 5.41) is 2.11. The number of hydrogen-bond donors (Lipinski definition) is 1. The number of rotatable bonds is 6. The van der Waals surface area contributed by atoms with Crippen molar-refractivity contribution in [1.29, 1.82) is 0 Å². The zero-order valence-corrected chi connectivity index (χ0v) is 14.6. The van der Waals surface area contributed by atoms with Crippen LogP contribution in [0.2, 0.25) is 0 Å². The Morgan fingerprint density at radius 3 is 2.40 bits per heavy atom. The van der Waals surface area contributed by atoms with Crippen molar-refractivity contribution in [3.63, 3.8) is 0 Å². The molecule has 4 nitrogen and oxygen atoms in total. The third kappa shape index (κ3) is 3.43. The van der Waals surface area contributed by atoms with E-state index in [4.69, 9.17) is 15.2 Å². The van der Waals surface area contributed by atoms with Gasteiger partial charge < -0.3 is 15.2 Å². The maximum atomic E-state index is 6.38. The van der Waals surface area contributed by atoms with E-state index >= 15 is 0 Å². The van der Waals surface area contributed by atoms with Crippen LogP contribution in [0.3, 0.4) is 0 Å². The zero-order valence-electron chi connectivity index (χ0n) is 12.2. The minimum absolute atomic E-state index is 0.119. The molecule has 1 fully saturated rings. The fourth-order valence-corrected chi connectivity index (χ4v) is 4.47. The summed E-state index contributed by atoms with van der Waals surface area (Å²) in [6.07, 6.45) is 1.19. The Morgan fingerprint density at radius 1 is 1.40 bits per heavy atom. The van der Waals surface area contributed by atoms with Crippen LogP contribution in [0.5, 0.6) is 0 Å². The minimum atomic E-state index is 0.119. The molecule has 0 saturated carbocycles. The standard InChI is InChI=1S/C14H23BrN2O2S/c1-4-10(16)14(13-5-9(15)8-20-13)17-6-11(18-2)12(7-17)19-3/h5,8,10-12,14H,4,6-7,16H2,1-3H3. The van der Waals surface area contributed by atoms with Crippen LogP contribution < -0.4 is 5.73 Å². The molecule has 2 rings (SSSR count). The van der Waals surface area contributed by atoms with Gasteiger partial charge in [0.25, 0.3) is 0 Å². The Hall–Kier alpha value is 0.0200. The van der Waals surface area contributed by atoms with E-state index in [1.807, 2.05) is 0 Å². The molecule has 0 aromatic carbocycles. The summed E-state index contributed by atoms with van der Waals surface area (Å²) in [4.78, 5) is 3.70. The van der Waals surface area contributed by atoms with Gasteiger partial charge in [-0.05, 0) is 28.4 Å². The molecule has 0 radical (unpaired) electrons. The van der Waals surface area contributed by atoms with E-state index in [1.165, 1.54) is 4.88 Å². The minimum Gasteiger partial charge on any atom is -0.377 e. The fraction of sp³-hybridized carbons (Fsp3) is 0.714. The normalized spacial score (nSPS) is 26.9. The molecule has 114 valence electrons. The number of thiophene rings is 1. The van der Waals surface area contributed by atoms with Gasteiger partial charge in [-0.1, -0.05) is 6.92 Å². The van der Waals surface area contributed by atoms with E-state index in [-0.39, 0.29) is 24.3 Å². The first-order chi connectivity index (χ1) is 9.60. The number of nitrogens with zero attached hydrogens (tertiary/aromatic N) is 1. The molecule has 0 amide bonds. The van der Waals surface area contributed by atoms with E-state index < -0.39 is 0 Å². The van der Waals surface area contributed by atoms with Crippen molar-refractivity contribution in [3.05, 3.63) is 20.8 Å².